The van der Waals surface area contributed by atoms with Crippen LogP contribution in [0.5, 0.6) is 5.75 Å². The molecule has 0 saturated carbocycles. The Balaban J connectivity index is 1.38. The first-order chi connectivity index (χ1) is 19.1. The lowest BCUT2D eigenvalue weighted by atomic mass is 9.92. The number of aliphatic carboxylic acids is 2. The maximum absolute atomic E-state index is 12.7. The van der Waals surface area contributed by atoms with Crippen LogP contribution in [-0.4, -0.2) is 59.1 Å². The summed E-state index contributed by atoms with van der Waals surface area (Å²) in [6.07, 6.45) is 0.948. The third-order valence-corrected chi connectivity index (χ3v) is 6.04. The number of amides is 1. The Morgan fingerprint density at radius 3 is 2.40 bits per heavy atom. The second-order valence-electron chi connectivity index (χ2n) is 8.88. The Morgan fingerprint density at radius 2 is 1.73 bits per heavy atom. The van der Waals surface area contributed by atoms with Crippen LogP contribution in [0, 0.1) is 5.92 Å². The van der Waals surface area contributed by atoms with E-state index in [0.717, 1.165) is 0 Å². The Bertz CT molecular complexity index is 1620. The van der Waals surface area contributed by atoms with E-state index in [1.807, 2.05) is 0 Å². The van der Waals surface area contributed by atoms with Gasteiger partial charge in [0.2, 0.25) is 5.95 Å². The number of aromatic nitrogens is 4. The summed E-state index contributed by atoms with van der Waals surface area (Å²) in [7, 11) is 0. The number of nitrogens with zero attached hydrogens (tertiary/aromatic N) is 3. The number of hydrogen-bond donors (Lipinski definition) is 7. The topological polar surface area (TPSA) is 234 Å². The van der Waals surface area contributed by atoms with E-state index in [0.29, 0.717) is 16.9 Å². The summed E-state index contributed by atoms with van der Waals surface area (Å²) >= 11 is 0. The van der Waals surface area contributed by atoms with E-state index < -0.39 is 35.4 Å². The van der Waals surface area contributed by atoms with Crippen molar-refractivity contribution in [1.29, 1.82) is 0 Å². The summed E-state index contributed by atoms with van der Waals surface area (Å²) in [6, 6.07) is 10.8. The van der Waals surface area contributed by atoms with Gasteiger partial charge in [-0.25, -0.2) is 14.8 Å². The summed E-state index contributed by atoms with van der Waals surface area (Å²) in [5.74, 6) is -4.66. The highest BCUT2D eigenvalue weighted by molar-refractivity contribution is 5.97. The number of H-pyrrole nitrogens is 1. The molecule has 2 aromatic heterocycles. The zero-order chi connectivity index (χ0) is 28.8. The molecule has 0 aliphatic heterocycles. The predicted molar refractivity (Wildman–Crippen MR) is 143 cm³/mol. The second-order valence-corrected chi connectivity index (χ2v) is 8.88. The smallest absolute Gasteiger partial charge is 0.326 e. The molecule has 0 aliphatic carbocycles. The van der Waals surface area contributed by atoms with Crippen molar-refractivity contribution >= 4 is 40.6 Å². The van der Waals surface area contributed by atoms with Crippen LogP contribution in [0.4, 0.5) is 11.6 Å². The fourth-order valence-electron chi connectivity index (χ4n) is 3.96. The Kier molecular flexibility index (Phi) is 8.18. The number of nitrogen functional groups attached to an aromatic ring is 1. The number of fused-ring (bicyclic) bond motifs is 1. The van der Waals surface area contributed by atoms with Gasteiger partial charge in [0.1, 0.15) is 11.8 Å². The molecule has 0 aliphatic rings. The highest BCUT2D eigenvalue weighted by atomic mass is 16.4. The summed E-state index contributed by atoms with van der Waals surface area (Å²) < 4.78 is 0. The van der Waals surface area contributed by atoms with Crippen LogP contribution in [0.25, 0.3) is 11.2 Å². The molecule has 8 N–H and O–H groups in total. The largest absolute Gasteiger partial charge is 0.508 e. The number of rotatable bonds is 11. The molecule has 0 radical (unpaired) electrons. The minimum atomic E-state index is -1.48. The zero-order valence-corrected chi connectivity index (χ0v) is 20.9. The van der Waals surface area contributed by atoms with Crippen molar-refractivity contribution in [3.63, 3.8) is 0 Å². The van der Waals surface area contributed by atoms with Gasteiger partial charge in [-0.15, -0.1) is 0 Å². The summed E-state index contributed by atoms with van der Waals surface area (Å²) in [6.45, 7) is 0.201. The number of hydrogen-bond acceptors (Lipinski definition) is 10. The van der Waals surface area contributed by atoms with E-state index in [4.69, 9.17) is 5.73 Å². The van der Waals surface area contributed by atoms with Crippen LogP contribution in [-0.2, 0) is 22.6 Å². The van der Waals surface area contributed by atoms with Gasteiger partial charge in [0.15, 0.2) is 11.2 Å². The van der Waals surface area contributed by atoms with Crippen molar-refractivity contribution in [2.45, 2.75) is 25.4 Å². The van der Waals surface area contributed by atoms with Gasteiger partial charge in [-0.1, -0.05) is 18.2 Å². The van der Waals surface area contributed by atoms with Crippen LogP contribution in [0.3, 0.4) is 0 Å². The number of aromatic hydroxyl groups is 1. The van der Waals surface area contributed by atoms with Crippen LogP contribution in [0.1, 0.15) is 28.0 Å². The van der Waals surface area contributed by atoms with Crippen molar-refractivity contribution in [2.24, 2.45) is 5.92 Å². The van der Waals surface area contributed by atoms with Crippen LogP contribution < -0.4 is 21.9 Å². The number of carbonyl (C=O) groups is 3. The third kappa shape index (κ3) is 6.66. The van der Waals surface area contributed by atoms with Crippen molar-refractivity contribution in [1.82, 2.24) is 25.3 Å². The Hall–Kier alpha value is -5.53. The van der Waals surface area contributed by atoms with Crippen LogP contribution >= 0.6 is 0 Å². The maximum atomic E-state index is 12.7. The van der Waals surface area contributed by atoms with E-state index in [-0.39, 0.29) is 47.8 Å². The number of anilines is 2. The molecule has 0 bridgehead atoms. The molecule has 0 fully saturated rings. The molecule has 1 amide bonds. The number of carboxylic acids is 2. The highest BCUT2D eigenvalue weighted by Crippen LogP contribution is 2.23. The molecule has 0 saturated heterocycles. The van der Waals surface area contributed by atoms with Gasteiger partial charge in [0.25, 0.3) is 11.5 Å². The zero-order valence-electron chi connectivity index (χ0n) is 20.9. The van der Waals surface area contributed by atoms with Gasteiger partial charge >= 0.3 is 11.9 Å². The number of nitrogens with two attached hydrogens (primary N) is 1. The van der Waals surface area contributed by atoms with E-state index in [2.05, 4.69) is 30.6 Å². The van der Waals surface area contributed by atoms with Gasteiger partial charge in [-0.05, 0) is 48.7 Å². The minimum absolute atomic E-state index is 0.0409. The lowest BCUT2D eigenvalue weighted by Gasteiger charge is -2.20. The Labute approximate surface area is 225 Å². The molecule has 206 valence electrons. The number of phenolic OH excluding ortho intramolecular Hbond substituents is 1. The molecule has 1 unspecified atom stereocenters. The highest BCUT2D eigenvalue weighted by Gasteiger charge is 2.29. The number of aromatic amines is 1. The number of nitrogens with one attached hydrogen (secondary N) is 3. The molecule has 14 heteroatoms. The molecular weight excluding hydrogens is 522 g/mol. The number of para-hydroxylation sites is 1. The molecule has 40 heavy (non-hydrogen) atoms. The second kappa shape index (κ2) is 11.9. The molecule has 2 atom stereocenters. The first-order valence-corrected chi connectivity index (χ1v) is 12.0. The van der Waals surface area contributed by atoms with E-state index in [9.17, 15) is 34.5 Å². The monoisotopic (exact) mass is 547 g/mol. The lowest BCUT2D eigenvalue weighted by Crippen LogP contribution is -2.43. The standard InChI is InChI=1S/C26H25N7O7/c27-26-32-21-20(23(36)33-26)30-17(12-29-21)11-28-16-7-5-13(6-8-16)22(35)31-18(25(39)40)10-15(24(37)38)9-14-3-1-2-4-19(14)34/h1-8,12,15,18,28,34H,9-11H2,(H,31,35)(H,37,38)(H,39,40)(H3,27,29,32,33,36)/t15?,18-/m0/s1. The van der Waals surface area contributed by atoms with Crippen molar-refractivity contribution in [3.8, 4) is 5.75 Å². The van der Waals surface area contributed by atoms with E-state index in [1.165, 1.54) is 24.4 Å². The molecule has 2 aromatic carbocycles. The minimum Gasteiger partial charge on any atom is -0.508 e. The van der Waals surface area contributed by atoms with E-state index in [1.54, 1.807) is 30.3 Å². The van der Waals surface area contributed by atoms with Crippen molar-refractivity contribution in [2.75, 3.05) is 11.1 Å². The van der Waals surface area contributed by atoms with Crippen molar-refractivity contribution in [3.05, 3.63) is 81.9 Å². The average molecular weight is 548 g/mol. The number of phenols is 1. The quantitative estimate of drug-likeness (QED) is 0.140. The van der Waals surface area contributed by atoms with Gasteiger partial charge in [0, 0.05) is 11.3 Å². The first-order valence-electron chi connectivity index (χ1n) is 12.0. The van der Waals surface area contributed by atoms with E-state index >= 15 is 0 Å². The fraction of sp³-hybridized carbons (Fsp3) is 0.192. The molecule has 0 spiro atoms. The summed E-state index contributed by atoms with van der Waals surface area (Å²) in [5, 5.41) is 34.7. The predicted octanol–water partition coefficient (Wildman–Crippen LogP) is 1.13. The first kappa shape index (κ1) is 27.5. The molecular formula is C26H25N7O7. The summed E-state index contributed by atoms with van der Waals surface area (Å²) in [4.78, 5) is 63.0. The lowest BCUT2D eigenvalue weighted by molar-refractivity contribution is -0.144. The molecule has 4 aromatic rings. The van der Waals surface area contributed by atoms with Crippen LogP contribution in [0.15, 0.2) is 59.5 Å². The fourth-order valence-corrected chi connectivity index (χ4v) is 3.96. The molecule has 2 heterocycles. The van der Waals surface area contributed by atoms with Crippen LogP contribution in [0.2, 0.25) is 0 Å². The molecule has 4 rings (SSSR count). The van der Waals surface area contributed by atoms with Gasteiger partial charge in [-0.3, -0.25) is 19.4 Å². The Morgan fingerprint density at radius 1 is 1.00 bits per heavy atom. The number of benzene rings is 2. The SMILES string of the molecule is Nc1nc2ncc(CNc3ccc(C(=O)N[C@@H](CC(Cc4ccccc4O)C(=O)O)C(=O)O)cc3)nc2c(=O)[nH]1. The molecule has 14 nitrogen and oxygen atoms in total. The van der Waals surface area contributed by atoms with Crippen molar-refractivity contribution < 1.29 is 29.7 Å². The average Bonchev–Trinajstić information content (AvgIpc) is 2.92. The third-order valence-electron chi connectivity index (χ3n) is 6.04. The maximum Gasteiger partial charge on any atom is 0.326 e. The normalized spacial score (nSPS) is 12.4. The van der Waals surface area contributed by atoms with Gasteiger partial charge in [-0.2, -0.15) is 4.98 Å². The van der Waals surface area contributed by atoms with Gasteiger partial charge < -0.3 is 31.7 Å². The summed E-state index contributed by atoms with van der Waals surface area (Å²) in [5.41, 5.74) is 6.72. The van der Waals surface area contributed by atoms with Gasteiger partial charge in [0.05, 0.1) is 24.4 Å². The number of carbonyl (C=O) groups excluding carboxylic acids is 1. The number of carboxylic acid groups (broad SMARTS) is 2.